The van der Waals surface area contributed by atoms with Gasteiger partial charge in [-0.15, -0.1) is 0 Å². The van der Waals surface area contributed by atoms with Crippen LogP contribution >= 0.6 is 11.6 Å². The number of hydrogen-bond acceptors (Lipinski definition) is 3. The fraction of sp³-hybridized carbons (Fsp3) is 0.200. The molecule has 1 amide bonds. The summed E-state index contributed by atoms with van der Waals surface area (Å²) in [7, 11) is 1.68. The lowest BCUT2D eigenvalue weighted by molar-refractivity contribution is -0.147. The summed E-state index contributed by atoms with van der Waals surface area (Å²) in [6.07, 6.45) is 2.82. The second kappa shape index (κ2) is 9.04. The standard InChI is InChI=1S/C20H20ClNO3/c1-15-7-9-16(10-8-15)13-22(2)19(23)14-25-20(24)12-11-17-5-3-4-6-18(17)21/h3-12H,13-14H2,1-2H3/b12-11+. The minimum absolute atomic E-state index is 0.264. The molecule has 0 fully saturated rings. The van der Waals surface area contributed by atoms with Crippen LogP contribution in [0.25, 0.3) is 6.08 Å². The van der Waals surface area contributed by atoms with E-state index in [1.807, 2.05) is 37.3 Å². The molecule has 25 heavy (non-hydrogen) atoms. The molecule has 0 radical (unpaired) electrons. The first kappa shape index (κ1) is 18.7. The molecule has 0 bridgehead atoms. The first-order valence-electron chi connectivity index (χ1n) is 7.84. The number of carbonyl (C=O) groups is 2. The number of rotatable bonds is 6. The van der Waals surface area contributed by atoms with Gasteiger partial charge in [-0.1, -0.05) is 59.6 Å². The number of benzene rings is 2. The van der Waals surface area contributed by atoms with E-state index < -0.39 is 5.97 Å². The lowest BCUT2D eigenvalue weighted by Gasteiger charge is -2.17. The van der Waals surface area contributed by atoms with Crippen molar-refractivity contribution >= 4 is 29.6 Å². The van der Waals surface area contributed by atoms with Crippen LogP contribution in [0.5, 0.6) is 0 Å². The van der Waals surface area contributed by atoms with Crippen molar-refractivity contribution in [3.05, 3.63) is 76.3 Å². The Bertz CT molecular complexity index is 769. The van der Waals surface area contributed by atoms with Crippen LogP contribution in [-0.2, 0) is 20.9 Å². The van der Waals surface area contributed by atoms with Gasteiger partial charge < -0.3 is 9.64 Å². The third kappa shape index (κ3) is 6.08. The molecule has 0 aromatic heterocycles. The van der Waals surface area contributed by atoms with Gasteiger partial charge >= 0.3 is 5.97 Å². The van der Waals surface area contributed by atoms with Crippen LogP contribution in [-0.4, -0.2) is 30.4 Å². The Morgan fingerprint density at radius 2 is 1.80 bits per heavy atom. The van der Waals surface area contributed by atoms with Crippen LogP contribution < -0.4 is 0 Å². The van der Waals surface area contributed by atoms with Gasteiger partial charge in [-0.2, -0.15) is 0 Å². The van der Waals surface area contributed by atoms with Gasteiger partial charge in [-0.25, -0.2) is 4.79 Å². The smallest absolute Gasteiger partial charge is 0.331 e. The summed E-state index contributed by atoms with van der Waals surface area (Å²) in [5.74, 6) is -0.850. The maximum atomic E-state index is 12.1. The van der Waals surface area contributed by atoms with Gasteiger partial charge in [0.05, 0.1) is 0 Å². The first-order valence-corrected chi connectivity index (χ1v) is 8.22. The van der Waals surface area contributed by atoms with Crippen molar-refractivity contribution in [1.29, 1.82) is 0 Å². The Morgan fingerprint density at radius 1 is 1.12 bits per heavy atom. The fourth-order valence-corrected chi connectivity index (χ4v) is 2.31. The molecule has 2 rings (SSSR count). The first-order chi connectivity index (χ1) is 12.0. The van der Waals surface area contributed by atoms with Crippen molar-refractivity contribution in [2.45, 2.75) is 13.5 Å². The summed E-state index contributed by atoms with van der Waals surface area (Å²) in [5.41, 5.74) is 2.90. The summed E-state index contributed by atoms with van der Waals surface area (Å²) < 4.78 is 4.98. The highest BCUT2D eigenvalue weighted by Crippen LogP contribution is 2.16. The van der Waals surface area contributed by atoms with Gasteiger partial charge in [0.1, 0.15) is 0 Å². The summed E-state index contributed by atoms with van der Waals surface area (Å²) in [5, 5.41) is 0.542. The van der Waals surface area contributed by atoms with E-state index in [-0.39, 0.29) is 12.5 Å². The summed E-state index contributed by atoms with van der Waals surface area (Å²) in [4.78, 5) is 25.3. The number of esters is 1. The molecule has 5 heteroatoms. The predicted octanol–water partition coefficient (Wildman–Crippen LogP) is 3.86. The Hall–Kier alpha value is -2.59. The molecule has 0 unspecified atom stereocenters. The van der Waals surface area contributed by atoms with Gasteiger partial charge in [-0.3, -0.25) is 4.79 Å². The Labute approximate surface area is 152 Å². The largest absolute Gasteiger partial charge is 0.452 e. The van der Waals surface area contributed by atoms with Gasteiger partial charge in [0.15, 0.2) is 6.61 Å². The monoisotopic (exact) mass is 357 g/mol. The number of hydrogen-bond donors (Lipinski definition) is 0. The highest BCUT2D eigenvalue weighted by Gasteiger charge is 2.11. The number of ether oxygens (including phenoxy) is 1. The topological polar surface area (TPSA) is 46.6 Å². The Kier molecular flexibility index (Phi) is 6.78. The van der Waals surface area contributed by atoms with Crippen molar-refractivity contribution in [1.82, 2.24) is 4.90 Å². The number of likely N-dealkylation sites (N-methyl/N-ethyl adjacent to an activating group) is 1. The summed E-state index contributed by atoms with van der Waals surface area (Å²) >= 11 is 6.00. The van der Waals surface area contributed by atoms with Crippen molar-refractivity contribution in [2.24, 2.45) is 0 Å². The van der Waals surface area contributed by atoms with Crippen LogP contribution in [0.3, 0.4) is 0 Å². The molecular weight excluding hydrogens is 338 g/mol. The van der Waals surface area contributed by atoms with Crippen molar-refractivity contribution in [3.8, 4) is 0 Å². The van der Waals surface area contributed by atoms with E-state index in [0.29, 0.717) is 17.1 Å². The molecule has 0 saturated carbocycles. The average Bonchev–Trinajstić information content (AvgIpc) is 2.60. The van der Waals surface area contributed by atoms with E-state index in [4.69, 9.17) is 16.3 Å². The van der Waals surface area contributed by atoms with E-state index in [2.05, 4.69) is 0 Å². The molecule has 0 aliphatic carbocycles. The second-order valence-corrected chi connectivity index (χ2v) is 6.11. The van der Waals surface area contributed by atoms with Gasteiger partial charge in [0, 0.05) is 24.7 Å². The SMILES string of the molecule is Cc1ccc(CN(C)C(=O)COC(=O)/C=C/c2ccccc2Cl)cc1. The number of aryl methyl sites for hydroxylation is 1. The molecule has 0 N–H and O–H groups in total. The van der Waals surface area contributed by atoms with E-state index in [9.17, 15) is 9.59 Å². The quantitative estimate of drug-likeness (QED) is 0.582. The van der Waals surface area contributed by atoms with E-state index in [0.717, 1.165) is 11.1 Å². The van der Waals surface area contributed by atoms with E-state index in [1.165, 1.54) is 11.0 Å². The predicted molar refractivity (Wildman–Crippen MR) is 99.1 cm³/mol. The maximum Gasteiger partial charge on any atom is 0.331 e. The van der Waals surface area contributed by atoms with Crippen molar-refractivity contribution < 1.29 is 14.3 Å². The molecule has 2 aromatic rings. The Balaban J connectivity index is 1.81. The molecule has 2 aromatic carbocycles. The van der Waals surface area contributed by atoms with Gasteiger partial charge in [0.2, 0.25) is 0 Å². The van der Waals surface area contributed by atoms with Crippen molar-refractivity contribution in [2.75, 3.05) is 13.7 Å². The lowest BCUT2D eigenvalue weighted by Crippen LogP contribution is -2.30. The number of nitrogens with zero attached hydrogens (tertiary/aromatic N) is 1. The van der Waals surface area contributed by atoms with Gasteiger partial charge in [-0.05, 0) is 30.2 Å². The van der Waals surface area contributed by atoms with Crippen molar-refractivity contribution in [3.63, 3.8) is 0 Å². The molecule has 0 heterocycles. The van der Waals surface area contributed by atoms with Crippen LogP contribution in [0.15, 0.2) is 54.6 Å². The number of amides is 1. The van der Waals surface area contributed by atoms with Crippen LogP contribution in [0.1, 0.15) is 16.7 Å². The van der Waals surface area contributed by atoms with Gasteiger partial charge in [0.25, 0.3) is 5.91 Å². The molecule has 4 nitrogen and oxygen atoms in total. The average molecular weight is 358 g/mol. The molecule has 0 saturated heterocycles. The highest BCUT2D eigenvalue weighted by atomic mass is 35.5. The minimum Gasteiger partial charge on any atom is -0.452 e. The zero-order valence-electron chi connectivity index (χ0n) is 14.2. The second-order valence-electron chi connectivity index (χ2n) is 5.70. The molecule has 0 atom stereocenters. The third-order valence-corrected chi connectivity index (χ3v) is 3.95. The zero-order chi connectivity index (χ0) is 18.2. The number of halogens is 1. The fourth-order valence-electron chi connectivity index (χ4n) is 2.11. The maximum absolute atomic E-state index is 12.1. The number of carbonyl (C=O) groups excluding carboxylic acids is 2. The van der Waals surface area contributed by atoms with E-state index >= 15 is 0 Å². The molecule has 0 aliphatic heterocycles. The third-order valence-electron chi connectivity index (χ3n) is 3.61. The summed E-state index contributed by atoms with van der Waals surface area (Å²) in [6, 6.07) is 15.1. The van der Waals surface area contributed by atoms with E-state index in [1.54, 1.807) is 31.3 Å². The molecule has 0 aliphatic rings. The van der Waals surface area contributed by atoms with Crippen LogP contribution in [0.4, 0.5) is 0 Å². The molecular formula is C20H20ClNO3. The summed E-state index contributed by atoms with van der Waals surface area (Å²) in [6.45, 7) is 2.18. The van der Waals surface area contributed by atoms with Crippen LogP contribution in [0.2, 0.25) is 5.02 Å². The minimum atomic E-state index is -0.586. The highest BCUT2D eigenvalue weighted by molar-refractivity contribution is 6.32. The molecule has 130 valence electrons. The molecule has 0 spiro atoms. The Morgan fingerprint density at radius 3 is 2.48 bits per heavy atom. The zero-order valence-corrected chi connectivity index (χ0v) is 15.0. The van der Waals surface area contributed by atoms with Crippen LogP contribution in [0, 0.1) is 6.92 Å². The lowest BCUT2D eigenvalue weighted by atomic mass is 10.1. The normalized spacial score (nSPS) is 10.7.